The number of nitrogens with zero attached hydrogens (tertiary/aromatic N) is 1. The number of carbonyl (C=O) groups is 2. The highest BCUT2D eigenvalue weighted by Crippen LogP contribution is 2.23. The van der Waals surface area contributed by atoms with Gasteiger partial charge in [0.1, 0.15) is 16.7 Å². The van der Waals surface area contributed by atoms with Gasteiger partial charge in [-0.2, -0.15) is 0 Å². The molecule has 0 saturated carbocycles. The topological polar surface area (TPSA) is 71.1 Å². The Balaban J connectivity index is 1.70. The maximum atomic E-state index is 12.3. The zero-order valence-electron chi connectivity index (χ0n) is 12.0. The zero-order chi connectivity index (χ0) is 15.4. The van der Waals surface area contributed by atoms with E-state index in [4.69, 9.17) is 0 Å². The van der Waals surface area contributed by atoms with Crippen LogP contribution in [0, 0.1) is 0 Å². The third kappa shape index (κ3) is 3.33. The molecule has 1 fully saturated rings. The highest BCUT2D eigenvalue weighted by Gasteiger charge is 2.23. The lowest BCUT2D eigenvalue weighted by Gasteiger charge is -2.14. The van der Waals surface area contributed by atoms with Crippen LogP contribution >= 0.6 is 11.3 Å². The molecule has 114 valence electrons. The molecule has 1 saturated heterocycles. The lowest BCUT2D eigenvalue weighted by molar-refractivity contribution is -0.122. The molecule has 1 aliphatic rings. The molecule has 0 aliphatic carbocycles. The van der Waals surface area contributed by atoms with Gasteiger partial charge in [0.25, 0.3) is 5.91 Å². The van der Waals surface area contributed by atoms with Gasteiger partial charge < -0.3 is 10.6 Å². The molecule has 1 atom stereocenters. The van der Waals surface area contributed by atoms with Gasteiger partial charge >= 0.3 is 0 Å². The molecule has 0 spiro atoms. The van der Waals surface area contributed by atoms with Crippen LogP contribution in [0.3, 0.4) is 0 Å². The smallest absolute Gasteiger partial charge is 0.271 e. The van der Waals surface area contributed by atoms with Gasteiger partial charge in [-0.1, -0.05) is 30.3 Å². The van der Waals surface area contributed by atoms with Gasteiger partial charge in [0.15, 0.2) is 0 Å². The first kappa shape index (κ1) is 14.7. The molecular weight excluding hydrogens is 298 g/mol. The molecule has 2 aromatic rings. The molecule has 6 heteroatoms. The van der Waals surface area contributed by atoms with Crippen LogP contribution in [0.4, 0.5) is 0 Å². The Kier molecular flexibility index (Phi) is 4.48. The van der Waals surface area contributed by atoms with E-state index >= 15 is 0 Å². The first-order valence-corrected chi connectivity index (χ1v) is 8.21. The summed E-state index contributed by atoms with van der Waals surface area (Å²) in [5, 5.41) is 8.12. The molecule has 1 aliphatic heterocycles. The second-order valence-corrected chi connectivity index (χ2v) is 6.07. The van der Waals surface area contributed by atoms with E-state index in [9.17, 15) is 9.59 Å². The fraction of sp³-hybridized carbons (Fsp3) is 0.312. The van der Waals surface area contributed by atoms with Crippen molar-refractivity contribution in [2.75, 3.05) is 6.54 Å². The molecule has 1 aromatic carbocycles. The van der Waals surface area contributed by atoms with Crippen LogP contribution in [0.15, 0.2) is 35.7 Å². The summed E-state index contributed by atoms with van der Waals surface area (Å²) in [4.78, 5) is 28.5. The van der Waals surface area contributed by atoms with Crippen molar-refractivity contribution in [3.05, 3.63) is 41.4 Å². The van der Waals surface area contributed by atoms with Crippen LogP contribution in [0.5, 0.6) is 0 Å². The summed E-state index contributed by atoms with van der Waals surface area (Å²) in [6, 6.07) is 9.27. The van der Waals surface area contributed by atoms with Crippen molar-refractivity contribution in [1.29, 1.82) is 0 Å². The van der Waals surface area contributed by atoms with Gasteiger partial charge in [0.05, 0.1) is 0 Å². The minimum absolute atomic E-state index is 0.107. The molecule has 5 nitrogen and oxygen atoms in total. The summed E-state index contributed by atoms with van der Waals surface area (Å²) < 4.78 is 0. The summed E-state index contributed by atoms with van der Waals surface area (Å²) in [5.41, 5.74) is 1.35. The van der Waals surface area contributed by atoms with Crippen LogP contribution < -0.4 is 10.6 Å². The number of thiazole rings is 1. The SMILES string of the molecule is O=C(NC1CCCCNC1=O)c1csc(-c2ccccc2)n1. The minimum Gasteiger partial charge on any atom is -0.354 e. The average molecular weight is 315 g/mol. The van der Waals surface area contributed by atoms with Gasteiger partial charge in [-0.05, 0) is 19.3 Å². The van der Waals surface area contributed by atoms with Gasteiger partial charge in [-0.3, -0.25) is 9.59 Å². The predicted octanol–water partition coefficient (Wildman–Crippen LogP) is 2.21. The summed E-state index contributed by atoms with van der Waals surface area (Å²) in [6.45, 7) is 0.681. The van der Waals surface area contributed by atoms with Gasteiger partial charge in [0.2, 0.25) is 5.91 Å². The van der Waals surface area contributed by atoms with Crippen LogP contribution in [0.1, 0.15) is 29.8 Å². The Bertz CT molecular complexity index is 669. The Hall–Kier alpha value is -2.21. The van der Waals surface area contributed by atoms with Crippen LogP contribution in [0.2, 0.25) is 0 Å². The van der Waals surface area contributed by atoms with Crippen molar-refractivity contribution in [1.82, 2.24) is 15.6 Å². The molecule has 1 unspecified atom stereocenters. The summed E-state index contributed by atoms with van der Waals surface area (Å²) in [6.07, 6.45) is 2.55. The second-order valence-electron chi connectivity index (χ2n) is 5.22. The van der Waals surface area contributed by atoms with E-state index in [1.165, 1.54) is 11.3 Å². The first-order valence-electron chi connectivity index (χ1n) is 7.33. The van der Waals surface area contributed by atoms with E-state index in [1.54, 1.807) is 5.38 Å². The molecule has 2 heterocycles. The average Bonchev–Trinajstić information content (AvgIpc) is 2.96. The van der Waals surface area contributed by atoms with E-state index < -0.39 is 6.04 Å². The van der Waals surface area contributed by atoms with Crippen molar-refractivity contribution in [2.24, 2.45) is 0 Å². The van der Waals surface area contributed by atoms with E-state index in [0.717, 1.165) is 23.4 Å². The van der Waals surface area contributed by atoms with E-state index in [2.05, 4.69) is 15.6 Å². The number of hydrogen-bond donors (Lipinski definition) is 2. The maximum Gasteiger partial charge on any atom is 0.271 e. The van der Waals surface area contributed by atoms with Gasteiger partial charge in [-0.15, -0.1) is 11.3 Å². The molecule has 2 N–H and O–H groups in total. The molecule has 1 aromatic heterocycles. The van der Waals surface area contributed by atoms with Crippen molar-refractivity contribution in [3.63, 3.8) is 0 Å². The molecule has 22 heavy (non-hydrogen) atoms. The van der Waals surface area contributed by atoms with E-state index in [0.29, 0.717) is 18.7 Å². The molecule has 2 amide bonds. The highest BCUT2D eigenvalue weighted by atomic mass is 32.1. The third-order valence-corrected chi connectivity index (χ3v) is 4.49. The van der Waals surface area contributed by atoms with Gasteiger partial charge in [0, 0.05) is 17.5 Å². The zero-order valence-corrected chi connectivity index (χ0v) is 12.9. The van der Waals surface area contributed by atoms with E-state index in [1.807, 2.05) is 30.3 Å². The highest BCUT2D eigenvalue weighted by molar-refractivity contribution is 7.13. The Morgan fingerprint density at radius 2 is 2.09 bits per heavy atom. The number of carbonyl (C=O) groups excluding carboxylic acids is 2. The Morgan fingerprint density at radius 3 is 2.91 bits per heavy atom. The lowest BCUT2D eigenvalue weighted by atomic mass is 10.1. The van der Waals surface area contributed by atoms with Crippen LogP contribution in [-0.2, 0) is 4.79 Å². The minimum atomic E-state index is -0.461. The molecule has 3 rings (SSSR count). The standard InChI is InChI=1S/C16H17N3O2S/c20-14-12(8-4-5-9-17-14)18-15(21)13-10-22-16(19-13)11-6-2-1-3-7-11/h1-3,6-7,10,12H,4-5,8-9H2,(H,17,20)(H,18,21). The number of nitrogens with one attached hydrogen (secondary N) is 2. The number of amides is 2. The number of benzene rings is 1. The summed E-state index contributed by atoms with van der Waals surface area (Å²) in [7, 11) is 0. The third-order valence-electron chi connectivity index (χ3n) is 3.60. The second kappa shape index (κ2) is 6.70. The number of hydrogen-bond acceptors (Lipinski definition) is 4. The fourth-order valence-corrected chi connectivity index (χ4v) is 3.21. The number of rotatable bonds is 3. The first-order chi connectivity index (χ1) is 10.7. The van der Waals surface area contributed by atoms with Crippen molar-refractivity contribution in [2.45, 2.75) is 25.3 Å². The normalized spacial score (nSPS) is 18.4. The van der Waals surface area contributed by atoms with Gasteiger partial charge in [-0.25, -0.2) is 4.98 Å². The van der Waals surface area contributed by atoms with Crippen molar-refractivity contribution >= 4 is 23.2 Å². The largest absolute Gasteiger partial charge is 0.354 e. The molecule has 0 radical (unpaired) electrons. The molecule has 0 bridgehead atoms. The maximum absolute atomic E-state index is 12.3. The predicted molar refractivity (Wildman–Crippen MR) is 85.7 cm³/mol. The van der Waals surface area contributed by atoms with Crippen LogP contribution in [0.25, 0.3) is 10.6 Å². The summed E-state index contributed by atoms with van der Waals surface area (Å²) >= 11 is 1.43. The molecular formula is C16H17N3O2S. The van der Waals surface area contributed by atoms with Crippen LogP contribution in [-0.4, -0.2) is 29.4 Å². The van der Waals surface area contributed by atoms with Crippen molar-refractivity contribution < 1.29 is 9.59 Å². The van der Waals surface area contributed by atoms with E-state index in [-0.39, 0.29) is 11.8 Å². The lowest BCUT2D eigenvalue weighted by Crippen LogP contribution is -2.45. The Morgan fingerprint density at radius 1 is 1.27 bits per heavy atom. The quantitative estimate of drug-likeness (QED) is 0.912. The van der Waals surface area contributed by atoms with Crippen molar-refractivity contribution in [3.8, 4) is 10.6 Å². The monoisotopic (exact) mass is 315 g/mol. The summed E-state index contributed by atoms with van der Waals surface area (Å²) in [5.74, 6) is -0.398. The number of aromatic nitrogens is 1. The fourth-order valence-electron chi connectivity index (χ4n) is 2.40. The Labute approximate surface area is 132 Å².